The number of aromatic nitrogens is 2. The fraction of sp³-hybridized carbons (Fsp3) is 0.476. The Balaban J connectivity index is 1.59. The molecule has 0 aromatic carbocycles. The van der Waals surface area contributed by atoms with E-state index < -0.39 is 0 Å². The number of rotatable bonds is 5. The number of piperazine rings is 1. The molecule has 1 aliphatic heterocycles. The van der Waals surface area contributed by atoms with Gasteiger partial charge in [0, 0.05) is 37.1 Å². The lowest BCUT2D eigenvalue weighted by molar-refractivity contribution is 0.0599. The first kappa shape index (κ1) is 20.3. The van der Waals surface area contributed by atoms with Crippen LogP contribution in [0.25, 0.3) is 10.2 Å². The van der Waals surface area contributed by atoms with Gasteiger partial charge in [-0.1, -0.05) is 6.07 Å². The van der Waals surface area contributed by atoms with Crippen molar-refractivity contribution in [2.24, 2.45) is 0 Å². The Morgan fingerprint density at radius 1 is 1.17 bits per heavy atom. The molecule has 3 aromatic heterocycles. The van der Waals surface area contributed by atoms with Crippen molar-refractivity contribution in [2.75, 3.05) is 31.5 Å². The highest BCUT2D eigenvalue weighted by Gasteiger charge is 2.27. The number of hydrogen-bond donors (Lipinski definition) is 1. The number of carbonyl (C=O) groups excluding carboxylic acids is 1. The van der Waals surface area contributed by atoms with Crippen LogP contribution in [0.5, 0.6) is 0 Å². The second-order valence-electron chi connectivity index (χ2n) is 7.76. The van der Waals surface area contributed by atoms with Crippen LogP contribution in [0.1, 0.15) is 46.9 Å². The Hall–Kier alpha value is -2.03. The third kappa shape index (κ3) is 4.01. The SMILES string of the molecule is Cc1c(C(=O)N2CCN(C(C)C)CC2)sc2ncnc(N[C@H](C)c3cccs3)c12. The van der Waals surface area contributed by atoms with Crippen molar-refractivity contribution in [3.8, 4) is 0 Å². The Bertz CT molecular complexity index is 990. The molecule has 0 unspecified atom stereocenters. The maximum Gasteiger partial charge on any atom is 0.264 e. The molecule has 1 N–H and O–H groups in total. The molecule has 0 aliphatic carbocycles. The molecule has 1 fully saturated rings. The third-order valence-corrected chi connectivity index (χ3v) is 7.82. The smallest absolute Gasteiger partial charge is 0.264 e. The second-order valence-corrected chi connectivity index (χ2v) is 9.74. The zero-order valence-electron chi connectivity index (χ0n) is 17.3. The highest BCUT2D eigenvalue weighted by Crippen LogP contribution is 2.35. The summed E-state index contributed by atoms with van der Waals surface area (Å²) in [6, 6.07) is 4.84. The highest BCUT2D eigenvalue weighted by molar-refractivity contribution is 7.20. The van der Waals surface area contributed by atoms with E-state index in [0.717, 1.165) is 52.7 Å². The number of anilines is 1. The van der Waals surface area contributed by atoms with E-state index in [4.69, 9.17) is 0 Å². The van der Waals surface area contributed by atoms with Gasteiger partial charge >= 0.3 is 0 Å². The average Bonchev–Trinajstić information content (AvgIpc) is 3.36. The van der Waals surface area contributed by atoms with Crippen molar-refractivity contribution in [2.45, 2.75) is 39.8 Å². The summed E-state index contributed by atoms with van der Waals surface area (Å²) < 4.78 is 0. The normalized spacial score (nSPS) is 16.5. The first-order chi connectivity index (χ1) is 14.0. The van der Waals surface area contributed by atoms with E-state index in [9.17, 15) is 4.79 Å². The van der Waals surface area contributed by atoms with Crippen LogP contribution >= 0.6 is 22.7 Å². The first-order valence-electron chi connectivity index (χ1n) is 10.0. The van der Waals surface area contributed by atoms with Gasteiger partial charge in [-0.15, -0.1) is 22.7 Å². The zero-order valence-corrected chi connectivity index (χ0v) is 18.9. The number of hydrogen-bond acceptors (Lipinski definition) is 7. The summed E-state index contributed by atoms with van der Waals surface area (Å²) in [4.78, 5) is 29.5. The molecular formula is C21H27N5OS2. The Morgan fingerprint density at radius 3 is 2.59 bits per heavy atom. The number of nitrogens with one attached hydrogen (secondary N) is 1. The molecule has 1 aliphatic rings. The highest BCUT2D eigenvalue weighted by atomic mass is 32.1. The summed E-state index contributed by atoms with van der Waals surface area (Å²) in [5.74, 6) is 0.916. The lowest BCUT2D eigenvalue weighted by atomic mass is 10.1. The van der Waals surface area contributed by atoms with Crippen LogP contribution in [0.15, 0.2) is 23.8 Å². The molecule has 0 saturated carbocycles. The fourth-order valence-corrected chi connectivity index (χ4v) is 5.63. The number of amides is 1. The number of nitrogens with zero attached hydrogens (tertiary/aromatic N) is 4. The molecule has 1 atom stereocenters. The van der Waals surface area contributed by atoms with Crippen molar-refractivity contribution in [1.29, 1.82) is 0 Å². The minimum Gasteiger partial charge on any atom is -0.362 e. The number of aryl methyl sites for hydroxylation is 1. The quantitative estimate of drug-likeness (QED) is 0.651. The van der Waals surface area contributed by atoms with Crippen LogP contribution in [0.2, 0.25) is 0 Å². The second kappa shape index (κ2) is 8.38. The molecule has 0 bridgehead atoms. The van der Waals surface area contributed by atoms with Crippen LogP contribution in [0.3, 0.4) is 0 Å². The van der Waals surface area contributed by atoms with Gasteiger partial charge in [0.2, 0.25) is 0 Å². The fourth-order valence-electron chi connectivity index (χ4n) is 3.78. The predicted octanol–water partition coefficient (Wildman–Crippen LogP) is 4.40. The van der Waals surface area contributed by atoms with Crippen molar-refractivity contribution in [3.63, 3.8) is 0 Å². The summed E-state index contributed by atoms with van der Waals surface area (Å²) in [5.41, 5.74) is 0.975. The van der Waals surface area contributed by atoms with Gasteiger partial charge < -0.3 is 10.2 Å². The summed E-state index contributed by atoms with van der Waals surface area (Å²) in [7, 11) is 0. The minimum atomic E-state index is 0.117. The average molecular weight is 430 g/mol. The van der Waals surface area contributed by atoms with Gasteiger partial charge in [0.1, 0.15) is 17.0 Å². The minimum absolute atomic E-state index is 0.117. The van der Waals surface area contributed by atoms with Crippen molar-refractivity contribution in [3.05, 3.63) is 39.2 Å². The summed E-state index contributed by atoms with van der Waals surface area (Å²) >= 11 is 3.20. The van der Waals surface area contributed by atoms with Gasteiger partial charge in [-0.25, -0.2) is 9.97 Å². The molecule has 29 heavy (non-hydrogen) atoms. The Kier molecular flexibility index (Phi) is 5.85. The molecule has 4 rings (SSSR count). The van der Waals surface area contributed by atoms with Gasteiger partial charge in [0.15, 0.2) is 0 Å². The van der Waals surface area contributed by atoms with Crippen molar-refractivity contribution < 1.29 is 4.79 Å². The lowest BCUT2D eigenvalue weighted by Gasteiger charge is -2.36. The topological polar surface area (TPSA) is 61.4 Å². The molecule has 6 nitrogen and oxygen atoms in total. The summed E-state index contributed by atoms with van der Waals surface area (Å²) in [6.45, 7) is 12.0. The summed E-state index contributed by atoms with van der Waals surface area (Å²) in [6.07, 6.45) is 1.58. The predicted molar refractivity (Wildman–Crippen MR) is 121 cm³/mol. The van der Waals surface area contributed by atoms with Gasteiger partial charge in [-0.05, 0) is 44.7 Å². The third-order valence-electron chi connectivity index (χ3n) is 5.58. The summed E-state index contributed by atoms with van der Waals surface area (Å²) in [5, 5.41) is 6.55. The Morgan fingerprint density at radius 2 is 1.93 bits per heavy atom. The molecule has 154 valence electrons. The molecule has 0 spiro atoms. The van der Waals surface area contributed by atoms with Crippen LogP contribution in [-0.2, 0) is 0 Å². The molecule has 8 heteroatoms. The molecule has 1 amide bonds. The Labute approximate surface area is 179 Å². The number of carbonyl (C=O) groups is 1. The van der Waals surface area contributed by atoms with Crippen LogP contribution in [0, 0.1) is 6.92 Å². The maximum absolute atomic E-state index is 13.2. The van der Waals surface area contributed by atoms with Gasteiger partial charge in [0.25, 0.3) is 5.91 Å². The number of fused-ring (bicyclic) bond motifs is 1. The van der Waals surface area contributed by atoms with E-state index in [1.54, 1.807) is 17.7 Å². The first-order valence-corrected chi connectivity index (χ1v) is 11.7. The van der Waals surface area contributed by atoms with Crippen LogP contribution in [0.4, 0.5) is 5.82 Å². The zero-order chi connectivity index (χ0) is 20.5. The van der Waals surface area contributed by atoms with Crippen LogP contribution < -0.4 is 5.32 Å². The molecule has 1 saturated heterocycles. The van der Waals surface area contributed by atoms with E-state index in [1.807, 2.05) is 11.8 Å². The van der Waals surface area contributed by atoms with Gasteiger partial charge in [-0.2, -0.15) is 0 Å². The molecule has 4 heterocycles. The maximum atomic E-state index is 13.2. The molecular weight excluding hydrogens is 402 g/mol. The van der Waals surface area contributed by atoms with E-state index in [1.165, 1.54) is 16.2 Å². The standard InChI is InChI=1S/C21H27N5OS2/c1-13(2)25-7-9-26(10-8-25)21(27)18-14(3)17-19(22-12-23-20(17)29-18)24-15(4)16-6-5-11-28-16/h5-6,11-13,15H,7-10H2,1-4H3,(H,22,23,24)/t15-/m1/s1. The molecule has 0 radical (unpaired) electrons. The van der Waals surface area contributed by atoms with Gasteiger partial charge in [-0.3, -0.25) is 9.69 Å². The van der Waals surface area contributed by atoms with E-state index >= 15 is 0 Å². The van der Waals surface area contributed by atoms with Crippen molar-refractivity contribution >= 4 is 44.6 Å². The van der Waals surface area contributed by atoms with E-state index in [2.05, 4.69) is 58.5 Å². The monoisotopic (exact) mass is 429 g/mol. The van der Waals surface area contributed by atoms with E-state index in [0.29, 0.717) is 6.04 Å². The molecule has 3 aromatic rings. The largest absolute Gasteiger partial charge is 0.362 e. The van der Waals surface area contributed by atoms with Crippen LogP contribution in [-0.4, -0.2) is 57.9 Å². The van der Waals surface area contributed by atoms with E-state index in [-0.39, 0.29) is 11.9 Å². The number of thiophene rings is 2. The van der Waals surface area contributed by atoms with Crippen molar-refractivity contribution in [1.82, 2.24) is 19.8 Å². The van der Waals surface area contributed by atoms with Gasteiger partial charge in [0.05, 0.1) is 16.3 Å². The lowest BCUT2D eigenvalue weighted by Crippen LogP contribution is -2.50.